The molecule has 130 valence electrons. The van der Waals surface area contributed by atoms with Gasteiger partial charge in [0.1, 0.15) is 12.2 Å². The average molecular weight is 337 g/mol. The van der Waals surface area contributed by atoms with E-state index in [0.717, 1.165) is 12.2 Å². The van der Waals surface area contributed by atoms with Gasteiger partial charge in [-0.1, -0.05) is 42.5 Å². The summed E-state index contributed by atoms with van der Waals surface area (Å²) in [6, 6.07) is 14.6. The van der Waals surface area contributed by atoms with Crippen LogP contribution in [-0.2, 0) is 20.0 Å². The second-order valence-corrected chi connectivity index (χ2v) is 6.39. The van der Waals surface area contributed by atoms with Crippen LogP contribution in [0.15, 0.2) is 48.8 Å². The molecule has 2 aromatic carbocycles. The molecule has 1 heterocycles. The number of urea groups is 1. The van der Waals surface area contributed by atoms with Crippen LogP contribution in [0.1, 0.15) is 18.3 Å². The summed E-state index contributed by atoms with van der Waals surface area (Å²) in [7, 11) is 3.57. The molecule has 0 fully saturated rings. The van der Waals surface area contributed by atoms with E-state index in [-0.39, 0.29) is 12.1 Å². The minimum Gasteiger partial charge on any atom is -0.335 e. The lowest BCUT2D eigenvalue weighted by Crippen LogP contribution is -2.42. The van der Waals surface area contributed by atoms with E-state index >= 15 is 0 Å². The number of nitrogens with one attached hydrogen (secondary N) is 1. The third-order valence-electron chi connectivity index (χ3n) is 4.26. The van der Waals surface area contributed by atoms with Crippen molar-refractivity contribution in [2.45, 2.75) is 25.9 Å². The predicted molar refractivity (Wildman–Crippen MR) is 98.1 cm³/mol. The molecule has 0 radical (unpaired) electrons. The maximum Gasteiger partial charge on any atom is 0.317 e. The van der Waals surface area contributed by atoms with E-state index in [1.165, 1.54) is 22.7 Å². The van der Waals surface area contributed by atoms with E-state index in [0.29, 0.717) is 6.54 Å². The molecular weight excluding hydrogens is 314 g/mol. The number of nitrogens with zero attached hydrogens (tertiary/aromatic N) is 4. The first-order valence-corrected chi connectivity index (χ1v) is 8.35. The van der Waals surface area contributed by atoms with Crippen molar-refractivity contribution in [1.82, 2.24) is 25.0 Å². The van der Waals surface area contributed by atoms with Gasteiger partial charge >= 0.3 is 6.03 Å². The fourth-order valence-corrected chi connectivity index (χ4v) is 2.84. The summed E-state index contributed by atoms with van der Waals surface area (Å²) in [4.78, 5) is 18.1. The number of amides is 2. The molecule has 1 atom stereocenters. The van der Waals surface area contributed by atoms with Crippen molar-refractivity contribution < 1.29 is 4.79 Å². The van der Waals surface area contributed by atoms with E-state index in [1.807, 2.05) is 26.1 Å². The molecule has 0 spiro atoms. The van der Waals surface area contributed by atoms with Crippen LogP contribution in [0.3, 0.4) is 0 Å². The van der Waals surface area contributed by atoms with Crippen LogP contribution in [0, 0.1) is 0 Å². The first-order chi connectivity index (χ1) is 12.0. The van der Waals surface area contributed by atoms with E-state index in [2.05, 4.69) is 45.7 Å². The largest absolute Gasteiger partial charge is 0.335 e. The Morgan fingerprint density at radius 2 is 2.00 bits per heavy atom. The lowest BCUT2D eigenvalue weighted by molar-refractivity contribution is 0.201. The van der Waals surface area contributed by atoms with Gasteiger partial charge in [-0.05, 0) is 29.7 Å². The van der Waals surface area contributed by atoms with E-state index in [1.54, 1.807) is 16.6 Å². The first-order valence-electron chi connectivity index (χ1n) is 8.35. The monoisotopic (exact) mass is 337 g/mol. The number of hydrogen-bond donors (Lipinski definition) is 1. The second-order valence-electron chi connectivity index (χ2n) is 6.39. The minimum absolute atomic E-state index is 0.0376. The molecule has 3 rings (SSSR count). The molecule has 6 heteroatoms. The third-order valence-corrected chi connectivity index (χ3v) is 4.26. The standard InChI is InChI=1S/C19H23N5O/c1-14(10-15-8-9-16-6-4-5-7-17(16)11-15)22-19(25)23(2)12-18-20-13-21-24(18)3/h4-9,11,13-14H,10,12H2,1-3H3,(H,22,25)/t14-/m0/s1. The number of fused-ring (bicyclic) bond motifs is 1. The first kappa shape index (κ1) is 17.0. The van der Waals surface area contributed by atoms with Gasteiger partial charge in [-0.3, -0.25) is 4.68 Å². The number of carbonyl (C=O) groups excluding carboxylic acids is 1. The van der Waals surface area contributed by atoms with Crippen molar-refractivity contribution >= 4 is 16.8 Å². The van der Waals surface area contributed by atoms with Crippen LogP contribution in [0.4, 0.5) is 4.79 Å². The summed E-state index contributed by atoms with van der Waals surface area (Å²) in [5, 5.41) is 9.50. The fraction of sp³-hybridized carbons (Fsp3) is 0.316. The smallest absolute Gasteiger partial charge is 0.317 e. The van der Waals surface area contributed by atoms with Gasteiger partial charge in [0.2, 0.25) is 0 Å². The van der Waals surface area contributed by atoms with Crippen molar-refractivity contribution in [3.8, 4) is 0 Å². The Balaban J connectivity index is 1.58. The summed E-state index contributed by atoms with van der Waals surface area (Å²) in [5.41, 5.74) is 1.21. The van der Waals surface area contributed by atoms with Crippen molar-refractivity contribution in [2.75, 3.05) is 7.05 Å². The van der Waals surface area contributed by atoms with Gasteiger partial charge in [0, 0.05) is 20.1 Å². The zero-order valence-corrected chi connectivity index (χ0v) is 14.8. The Hall–Kier alpha value is -2.89. The van der Waals surface area contributed by atoms with Crippen molar-refractivity contribution in [3.05, 3.63) is 60.2 Å². The molecule has 0 aliphatic heterocycles. The molecular formula is C19H23N5O. The molecule has 0 saturated heterocycles. The molecule has 2 amide bonds. The lowest BCUT2D eigenvalue weighted by Gasteiger charge is -2.21. The van der Waals surface area contributed by atoms with Crippen LogP contribution >= 0.6 is 0 Å². The number of hydrogen-bond acceptors (Lipinski definition) is 3. The minimum atomic E-state index is -0.115. The second kappa shape index (κ2) is 7.34. The fourth-order valence-electron chi connectivity index (χ4n) is 2.84. The maximum absolute atomic E-state index is 12.4. The van der Waals surface area contributed by atoms with Gasteiger partial charge in [-0.2, -0.15) is 5.10 Å². The summed E-state index contributed by atoms with van der Waals surface area (Å²) in [6.07, 6.45) is 2.28. The highest BCUT2D eigenvalue weighted by molar-refractivity contribution is 5.83. The number of rotatable bonds is 5. The number of benzene rings is 2. The highest BCUT2D eigenvalue weighted by Gasteiger charge is 2.14. The topological polar surface area (TPSA) is 63.1 Å². The molecule has 3 aromatic rings. The third kappa shape index (κ3) is 4.15. The Bertz CT molecular complexity index is 873. The molecule has 0 bridgehead atoms. The van der Waals surface area contributed by atoms with Crippen molar-refractivity contribution in [2.24, 2.45) is 7.05 Å². The maximum atomic E-state index is 12.4. The van der Waals surface area contributed by atoms with Gasteiger partial charge in [0.15, 0.2) is 0 Å². The van der Waals surface area contributed by atoms with E-state index in [9.17, 15) is 4.79 Å². The molecule has 1 N–H and O–H groups in total. The predicted octanol–water partition coefficient (Wildman–Crippen LogP) is 2.74. The number of carbonyl (C=O) groups is 1. The number of aromatic nitrogens is 3. The van der Waals surface area contributed by atoms with Crippen LogP contribution in [0.5, 0.6) is 0 Å². The molecule has 1 aromatic heterocycles. The Morgan fingerprint density at radius 1 is 1.24 bits per heavy atom. The van der Waals surface area contributed by atoms with Crippen molar-refractivity contribution in [1.29, 1.82) is 0 Å². The zero-order chi connectivity index (χ0) is 17.8. The summed E-state index contributed by atoms with van der Waals surface area (Å²) < 4.78 is 1.67. The molecule has 0 unspecified atom stereocenters. The quantitative estimate of drug-likeness (QED) is 0.779. The van der Waals surface area contributed by atoms with Gasteiger partial charge in [0.25, 0.3) is 0 Å². The Morgan fingerprint density at radius 3 is 2.72 bits per heavy atom. The van der Waals surface area contributed by atoms with Gasteiger partial charge in [-0.25, -0.2) is 9.78 Å². The van der Waals surface area contributed by atoms with Gasteiger partial charge < -0.3 is 10.2 Å². The highest BCUT2D eigenvalue weighted by atomic mass is 16.2. The average Bonchev–Trinajstić information content (AvgIpc) is 2.99. The van der Waals surface area contributed by atoms with Crippen LogP contribution < -0.4 is 5.32 Å². The van der Waals surface area contributed by atoms with Crippen LogP contribution in [-0.4, -0.2) is 38.8 Å². The highest BCUT2D eigenvalue weighted by Crippen LogP contribution is 2.16. The van der Waals surface area contributed by atoms with Crippen molar-refractivity contribution in [3.63, 3.8) is 0 Å². The Kier molecular flexibility index (Phi) is 4.97. The van der Waals surface area contributed by atoms with Gasteiger partial charge in [-0.15, -0.1) is 0 Å². The van der Waals surface area contributed by atoms with E-state index in [4.69, 9.17) is 0 Å². The van der Waals surface area contributed by atoms with Crippen LogP contribution in [0.25, 0.3) is 10.8 Å². The molecule has 25 heavy (non-hydrogen) atoms. The molecule has 0 aliphatic rings. The van der Waals surface area contributed by atoms with E-state index < -0.39 is 0 Å². The summed E-state index contributed by atoms with van der Waals surface area (Å²) in [6.45, 7) is 2.44. The summed E-state index contributed by atoms with van der Waals surface area (Å²) in [5.74, 6) is 0.750. The molecule has 6 nitrogen and oxygen atoms in total. The normalized spacial score (nSPS) is 12.1. The molecule has 0 saturated carbocycles. The zero-order valence-electron chi connectivity index (χ0n) is 14.8. The van der Waals surface area contributed by atoms with Gasteiger partial charge in [0.05, 0.1) is 6.54 Å². The van der Waals surface area contributed by atoms with Crippen LogP contribution in [0.2, 0.25) is 0 Å². The lowest BCUT2D eigenvalue weighted by atomic mass is 10.0. The Labute approximate surface area is 147 Å². The SMILES string of the molecule is C[C@@H](Cc1ccc2ccccc2c1)NC(=O)N(C)Cc1ncnn1C. The molecule has 0 aliphatic carbocycles. The summed E-state index contributed by atoms with van der Waals surface area (Å²) >= 11 is 0. The number of aryl methyl sites for hydroxylation is 1.